The van der Waals surface area contributed by atoms with E-state index in [1.165, 1.54) is 0 Å². The van der Waals surface area contributed by atoms with Crippen molar-refractivity contribution in [3.8, 4) is 0 Å². The Hall–Kier alpha value is -0.0800. The minimum Gasteiger partial charge on any atom is -0.381 e. The van der Waals surface area contributed by atoms with Crippen LogP contribution in [0.2, 0.25) is 0 Å². The molecule has 2 aliphatic heterocycles. The number of ether oxygens (including phenoxy) is 2. The van der Waals surface area contributed by atoms with E-state index in [1.807, 2.05) is 0 Å². The minimum atomic E-state index is 0. The van der Waals surface area contributed by atoms with Gasteiger partial charge in [0.25, 0.3) is 0 Å². The third-order valence-corrected chi connectivity index (χ3v) is 5.88. The lowest BCUT2D eigenvalue weighted by atomic mass is 9.65. The zero-order valence-electron chi connectivity index (χ0n) is 16.8. The molecule has 0 aromatic carbocycles. The lowest BCUT2D eigenvalue weighted by Gasteiger charge is -2.62. The first-order chi connectivity index (χ1) is 11.4. The first kappa shape index (κ1) is 23.0. The first-order valence-electron chi connectivity index (χ1n) is 9.60. The molecule has 2 heterocycles. The summed E-state index contributed by atoms with van der Waals surface area (Å²) in [7, 11) is 0. The molecular weight excluding hydrogens is 429 g/mol. The fraction of sp³-hybridized carbons (Fsp3) is 0.947. The van der Waals surface area contributed by atoms with Crippen molar-refractivity contribution in [3.05, 3.63) is 0 Å². The van der Waals surface area contributed by atoms with Gasteiger partial charge >= 0.3 is 0 Å². The number of guanidine groups is 1. The van der Waals surface area contributed by atoms with Gasteiger partial charge in [0.2, 0.25) is 0 Å². The highest BCUT2D eigenvalue weighted by molar-refractivity contribution is 14.0. The third-order valence-electron chi connectivity index (χ3n) is 5.88. The zero-order valence-corrected chi connectivity index (χ0v) is 19.1. The molecule has 2 aliphatic rings. The highest BCUT2D eigenvalue weighted by atomic mass is 127. The molecule has 0 radical (unpaired) electrons. The maximum absolute atomic E-state index is 5.83. The molecule has 0 amide bonds. The predicted molar refractivity (Wildman–Crippen MR) is 115 cm³/mol. The smallest absolute Gasteiger partial charge is 0.194 e. The zero-order chi connectivity index (χ0) is 17.6. The Labute approximate surface area is 171 Å². The fourth-order valence-corrected chi connectivity index (χ4v) is 3.31. The largest absolute Gasteiger partial charge is 0.381 e. The van der Waals surface area contributed by atoms with E-state index in [1.54, 1.807) is 0 Å². The molecule has 1 N–H and O–H groups in total. The highest BCUT2D eigenvalue weighted by Crippen LogP contribution is 2.46. The van der Waals surface area contributed by atoms with Crippen LogP contribution in [0, 0.1) is 11.3 Å². The molecule has 0 saturated carbocycles. The van der Waals surface area contributed by atoms with Crippen LogP contribution in [0.15, 0.2) is 4.99 Å². The summed E-state index contributed by atoms with van der Waals surface area (Å²) in [6.07, 6.45) is 3.26. The lowest BCUT2D eigenvalue weighted by molar-refractivity contribution is -0.0667. The molecule has 0 aromatic rings. The number of halogens is 1. The molecule has 2 fully saturated rings. The molecule has 0 spiro atoms. The van der Waals surface area contributed by atoms with Gasteiger partial charge in [0.1, 0.15) is 0 Å². The summed E-state index contributed by atoms with van der Waals surface area (Å²) in [4.78, 5) is 7.21. The van der Waals surface area contributed by atoms with Crippen molar-refractivity contribution in [3.63, 3.8) is 0 Å². The topological polar surface area (TPSA) is 46.1 Å². The average Bonchev–Trinajstić information content (AvgIpc) is 2.56. The standard InChI is InChI=1S/C19H37N3O2.HI/c1-6-20-17(22-15-18(2,3)19(22,4)5)21-10-7-11-24-14-16-8-12-23-13-9-16;/h16H,6-15H2,1-5H3,(H,20,21);1H. The van der Waals surface area contributed by atoms with Crippen LogP contribution >= 0.6 is 24.0 Å². The molecule has 0 aliphatic carbocycles. The van der Waals surface area contributed by atoms with Gasteiger partial charge in [-0.05, 0) is 46.0 Å². The van der Waals surface area contributed by atoms with E-state index >= 15 is 0 Å². The second kappa shape index (κ2) is 10.3. The average molecular weight is 467 g/mol. The quantitative estimate of drug-likeness (QED) is 0.269. The van der Waals surface area contributed by atoms with Gasteiger partial charge in [0.15, 0.2) is 5.96 Å². The number of hydrogen-bond acceptors (Lipinski definition) is 3. The Morgan fingerprint density at radius 3 is 2.48 bits per heavy atom. The Morgan fingerprint density at radius 1 is 1.24 bits per heavy atom. The molecule has 25 heavy (non-hydrogen) atoms. The molecule has 0 bridgehead atoms. The van der Waals surface area contributed by atoms with Crippen molar-refractivity contribution in [2.45, 2.75) is 59.4 Å². The van der Waals surface area contributed by atoms with Crippen molar-refractivity contribution >= 4 is 29.9 Å². The number of nitrogens with one attached hydrogen (secondary N) is 1. The van der Waals surface area contributed by atoms with E-state index in [0.29, 0.717) is 11.3 Å². The van der Waals surface area contributed by atoms with E-state index in [4.69, 9.17) is 14.5 Å². The second-order valence-corrected chi connectivity index (χ2v) is 8.25. The SMILES string of the molecule is CCNC(=NCCCOCC1CCOCC1)N1CC(C)(C)C1(C)C.I. The summed E-state index contributed by atoms with van der Waals surface area (Å²) in [5, 5.41) is 3.44. The third kappa shape index (κ3) is 5.96. The molecular formula is C19H38IN3O2. The Morgan fingerprint density at radius 2 is 1.92 bits per heavy atom. The van der Waals surface area contributed by atoms with E-state index in [9.17, 15) is 0 Å². The van der Waals surface area contributed by atoms with E-state index in [2.05, 4.69) is 44.8 Å². The normalized spacial score (nSPS) is 22.9. The fourth-order valence-electron chi connectivity index (χ4n) is 3.31. The van der Waals surface area contributed by atoms with E-state index < -0.39 is 0 Å². The van der Waals surface area contributed by atoms with E-state index in [0.717, 1.165) is 71.3 Å². The van der Waals surface area contributed by atoms with Crippen LogP contribution in [0.4, 0.5) is 0 Å². The first-order valence-corrected chi connectivity index (χ1v) is 9.60. The number of aliphatic imine (C=N–C) groups is 1. The van der Waals surface area contributed by atoms with Gasteiger partial charge < -0.3 is 19.7 Å². The molecule has 2 saturated heterocycles. The Kier molecular flexibility index (Phi) is 9.46. The summed E-state index contributed by atoms with van der Waals surface area (Å²) < 4.78 is 11.2. The van der Waals surface area contributed by atoms with E-state index in [-0.39, 0.29) is 29.5 Å². The monoisotopic (exact) mass is 467 g/mol. The van der Waals surface area contributed by atoms with Gasteiger partial charge in [0, 0.05) is 57.0 Å². The number of nitrogens with zero attached hydrogens (tertiary/aromatic N) is 2. The molecule has 6 heteroatoms. The summed E-state index contributed by atoms with van der Waals surface area (Å²) in [5.41, 5.74) is 0.476. The van der Waals surface area contributed by atoms with Gasteiger partial charge in [-0.1, -0.05) is 13.8 Å². The Bertz CT molecular complexity index is 421. The highest BCUT2D eigenvalue weighted by Gasteiger charge is 2.53. The van der Waals surface area contributed by atoms with Crippen LogP contribution in [-0.4, -0.2) is 62.5 Å². The molecule has 0 unspecified atom stereocenters. The number of rotatable bonds is 7. The van der Waals surface area contributed by atoms with Crippen LogP contribution in [0.25, 0.3) is 0 Å². The van der Waals surface area contributed by atoms with Crippen LogP contribution < -0.4 is 5.32 Å². The molecule has 0 atom stereocenters. The lowest BCUT2D eigenvalue weighted by Crippen LogP contribution is -2.72. The molecule has 148 valence electrons. The van der Waals surface area contributed by atoms with Crippen LogP contribution in [0.1, 0.15) is 53.9 Å². The van der Waals surface area contributed by atoms with Crippen molar-refractivity contribution in [1.29, 1.82) is 0 Å². The molecule has 0 aromatic heterocycles. The maximum Gasteiger partial charge on any atom is 0.194 e. The van der Waals surface area contributed by atoms with Gasteiger partial charge in [-0.15, -0.1) is 24.0 Å². The Balaban J connectivity index is 0.00000312. The molecule has 5 nitrogen and oxygen atoms in total. The predicted octanol–water partition coefficient (Wildman–Crippen LogP) is 3.52. The summed E-state index contributed by atoms with van der Waals surface area (Å²) in [5.74, 6) is 1.73. The van der Waals surface area contributed by atoms with Crippen molar-refractivity contribution in [1.82, 2.24) is 10.2 Å². The molecule has 2 rings (SSSR count). The van der Waals surface area contributed by atoms with Crippen molar-refractivity contribution in [2.75, 3.05) is 46.1 Å². The van der Waals surface area contributed by atoms with Crippen LogP contribution in [0.5, 0.6) is 0 Å². The minimum absolute atomic E-state index is 0. The van der Waals surface area contributed by atoms with Gasteiger partial charge in [-0.25, -0.2) is 0 Å². The summed E-state index contributed by atoms with van der Waals surface area (Å²) >= 11 is 0. The maximum atomic E-state index is 5.83. The van der Waals surface area contributed by atoms with Crippen molar-refractivity contribution < 1.29 is 9.47 Å². The summed E-state index contributed by atoms with van der Waals surface area (Å²) in [6, 6.07) is 0. The van der Waals surface area contributed by atoms with Gasteiger partial charge in [-0.3, -0.25) is 4.99 Å². The number of likely N-dealkylation sites (tertiary alicyclic amines) is 1. The van der Waals surface area contributed by atoms with Crippen molar-refractivity contribution in [2.24, 2.45) is 16.3 Å². The van der Waals surface area contributed by atoms with Crippen LogP contribution in [-0.2, 0) is 9.47 Å². The second-order valence-electron chi connectivity index (χ2n) is 8.25. The summed E-state index contributed by atoms with van der Waals surface area (Å²) in [6.45, 7) is 17.7. The van der Waals surface area contributed by atoms with Crippen LogP contribution in [0.3, 0.4) is 0 Å². The van der Waals surface area contributed by atoms with Gasteiger partial charge in [0.05, 0.1) is 0 Å². The number of hydrogen-bond donors (Lipinski definition) is 1. The van der Waals surface area contributed by atoms with Gasteiger partial charge in [-0.2, -0.15) is 0 Å².